The van der Waals surface area contributed by atoms with Gasteiger partial charge in [-0.1, -0.05) is 35.6 Å². The molecule has 0 aliphatic carbocycles. The maximum atomic E-state index is 11.8. The van der Waals surface area contributed by atoms with Crippen molar-refractivity contribution in [3.63, 3.8) is 0 Å². The third-order valence-electron chi connectivity index (χ3n) is 2.63. The van der Waals surface area contributed by atoms with E-state index in [0.29, 0.717) is 10.6 Å². The zero-order valence-electron chi connectivity index (χ0n) is 11.3. The second-order valence-electron chi connectivity index (χ2n) is 4.14. The minimum absolute atomic E-state index is 0.161. The van der Waals surface area contributed by atoms with Gasteiger partial charge in [0.1, 0.15) is 5.69 Å². The number of rotatable bonds is 2. The maximum absolute atomic E-state index is 11.8. The number of carbonyl (C=O) groups excluding carboxylic acids is 1. The number of hydrogen-bond donors (Lipinski definition) is 1. The monoisotopic (exact) mass is 301 g/mol. The number of hydrogen-bond acceptors (Lipinski definition) is 3. The van der Waals surface area contributed by atoms with E-state index < -0.39 is 0 Å². The second kappa shape index (κ2) is 6.73. The maximum Gasteiger partial charge on any atom is 0.272 e. The van der Waals surface area contributed by atoms with Crippen LogP contribution in [0.1, 0.15) is 16.1 Å². The summed E-state index contributed by atoms with van der Waals surface area (Å²) in [5, 5.41) is 7.01. The number of nitrogens with one attached hydrogen (secondary N) is 1. The van der Waals surface area contributed by atoms with Gasteiger partial charge in [-0.2, -0.15) is 5.10 Å². The summed E-state index contributed by atoms with van der Waals surface area (Å²) in [6.45, 7) is 0.161. The van der Waals surface area contributed by atoms with Gasteiger partial charge in [0.25, 0.3) is 11.5 Å². The standard InChI is InChI=1S/C15H12ClN3O2/c1-19-14(20)9-8-13(18-19)15(21)17-10-4-6-11-5-2-3-7-12(11)16/h2-3,5,7-9H,10H2,1H3,(H,17,21). The first kappa shape index (κ1) is 14.8. The van der Waals surface area contributed by atoms with Crippen LogP contribution in [-0.4, -0.2) is 22.2 Å². The van der Waals surface area contributed by atoms with Crippen molar-refractivity contribution < 1.29 is 4.79 Å². The Morgan fingerprint density at radius 1 is 1.33 bits per heavy atom. The molecular formula is C15H12ClN3O2. The zero-order chi connectivity index (χ0) is 15.2. The quantitative estimate of drug-likeness (QED) is 0.848. The summed E-state index contributed by atoms with van der Waals surface area (Å²) in [7, 11) is 1.48. The van der Waals surface area contributed by atoms with Crippen LogP contribution in [0.2, 0.25) is 5.02 Å². The molecule has 1 aromatic heterocycles. The molecule has 0 bridgehead atoms. The van der Waals surface area contributed by atoms with Gasteiger partial charge in [0.05, 0.1) is 11.6 Å². The third kappa shape index (κ3) is 3.94. The Bertz CT molecular complexity index is 787. The van der Waals surface area contributed by atoms with Crippen LogP contribution < -0.4 is 10.9 Å². The van der Waals surface area contributed by atoms with Gasteiger partial charge in [-0.25, -0.2) is 4.68 Å². The predicted octanol–water partition coefficient (Wildman–Crippen LogP) is 1.22. The molecule has 0 spiro atoms. The highest BCUT2D eigenvalue weighted by Crippen LogP contribution is 2.12. The van der Waals surface area contributed by atoms with E-state index in [1.165, 1.54) is 19.2 Å². The number of carbonyl (C=O) groups is 1. The highest BCUT2D eigenvalue weighted by atomic mass is 35.5. The Balaban J connectivity index is 1.98. The van der Waals surface area contributed by atoms with Gasteiger partial charge >= 0.3 is 0 Å². The van der Waals surface area contributed by atoms with Gasteiger partial charge in [-0.15, -0.1) is 0 Å². The molecule has 0 fully saturated rings. The van der Waals surface area contributed by atoms with Gasteiger partial charge in [0.2, 0.25) is 0 Å². The molecule has 1 aromatic carbocycles. The Labute approximate surface area is 126 Å². The first-order chi connectivity index (χ1) is 10.1. The Hall–Kier alpha value is -2.58. The van der Waals surface area contributed by atoms with Crippen molar-refractivity contribution in [2.75, 3.05) is 6.54 Å². The molecule has 2 rings (SSSR count). The molecule has 0 aliphatic heterocycles. The SMILES string of the molecule is Cn1nc(C(=O)NCC#Cc2ccccc2Cl)ccc1=O. The van der Waals surface area contributed by atoms with E-state index in [-0.39, 0.29) is 23.7 Å². The lowest BCUT2D eigenvalue weighted by Gasteiger charge is -2.01. The summed E-state index contributed by atoms with van der Waals surface area (Å²) in [5.41, 5.74) is 0.593. The Morgan fingerprint density at radius 3 is 2.81 bits per heavy atom. The number of aryl methyl sites for hydroxylation is 1. The van der Waals surface area contributed by atoms with E-state index in [1.807, 2.05) is 12.1 Å². The molecule has 5 nitrogen and oxygen atoms in total. The minimum atomic E-state index is -0.390. The fourth-order valence-corrected chi connectivity index (χ4v) is 1.72. The van der Waals surface area contributed by atoms with Crippen molar-refractivity contribution in [2.24, 2.45) is 7.05 Å². The number of nitrogens with zero attached hydrogens (tertiary/aromatic N) is 2. The molecule has 6 heteroatoms. The summed E-state index contributed by atoms with van der Waals surface area (Å²) >= 11 is 5.96. The molecule has 0 saturated carbocycles. The van der Waals surface area contributed by atoms with Crippen LogP contribution in [0.5, 0.6) is 0 Å². The summed E-state index contributed by atoms with van der Waals surface area (Å²) in [6, 6.07) is 9.87. The van der Waals surface area contributed by atoms with E-state index in [4.69, 9.17) is 11.6 Å². The van der Waals surface area contributed by atoms with Gasteiger partial charge < -0.3 is 5.32 Å². The van der Waals surface area contributed by atoms with E-state index >= 15 is 0 Å². The summed E-state index contributed by atoms with van der Waals surface area (Å²) < 4.78 is 1.10. The summed E-state index contributed by atoms with van der Waals surface area (Å²) in [6.07, 6.45) is 0. The van der Waals surface area contributed by atoms with Gasteiger partial charge in [-0.05, 0) is 18.2 Å². The first-order valence-electron chi connectivity index (χ1n) is 6.14. The lowest BCUT2D eigenvalue weighted by Crippen LogP contribution is -2.28. The molecule has 1 amide bonds. The highest BCUT2D eigenvalue weighted by Gasteiger charge is 2.06. The van der Waals surface area contributed by atoms with E-state index in [1.54, 1.807) is 12.1 Å². The third-order valence-corrected chi connectivity index (χ3v) is 2.96. The smallest absolute Gasteiger partial charge is 0.272 e. The van der Waals surface area contributed by atoms with Gasteiger partial charge in [0.15, 0.2) is 0 Å². The molecule has 21 heavy (non-hydrogen) atoms. The summed E-state index contributed by atoms with van der Waals surface area (Å²) in [4.78, 5) is 23.0. The fraction of sp³-hybridized carbons (Fsp3) is 0.133. The van der Waals surface area contributed by atoms with Crippen molar-refractivity contribution in [3.05, 3.63) is 63.0 Å². The number of benzene rings is 1. The van der Waals surface area contributed by atoms with E-state index in [0.717, 1.165) is 4.68 Å². The van der Waals surface area contributed by atoms with E-state index in [9.17, 15) is 9.59 Å². The Morgan fingerprint density at radius 2 is 2.10 bits per heavy atom. The van der Waals surface area contributed by atoms with Crippen LogP contribution in [-0.2, 0) is 7.05 Å². The van der Waals surface area contributed by atoms with Gasteiger partial charge in [-0.3, -0.25) is 9.59 Å². The molecule has 0 aliphatic rings. The lowest BCUT2D eigenvalue weighted by molar-refractivity contribution is 0.0951. The summed E-state index contributed by atoms with van der Waals surface area (Å²) in [5.74, 6) is 5.28. The van der Waals surface area contributed by atoms with Crippen LogP contribution in [0.15, 0.2) is 41.2 Å². The van der Waals surface area contributed by atoms with Crippen LogP contribution in [0.4, 0.5) is 0 Å². The van der Waals surface area contributed by atoms with Crippen molar-refractivity contribution in [1.82, 2.24) is 15.1 Å². The van der Waals surface area contributed by atoms with Crippen LogP contribution in [0, 0.1) is 11.8 Å². The molecule has 0 atom stereocenters. The average molecular weight is 302 g/mol. The zero-order valence-corrected chi connectivity index (χ0v) is 12.0. The van der Waals surface area contributed by atoms with Crippen molar-refractivity contribution in [2.45, 2.75) is 0 Å². The normalized spacial score (nSPS) is 9.62. The predicted molar refractivity (Wildman–Crippen MR) is 80.1 cm³/mol. The molecule has 106 valence electrons. The molecule has 0 unspecified atom stereocenters. The fourth-order valence-electron chi connectivity index (χ4n) is 1.54. The van der Waals surface area contributed by atoms with Crippen LogP contribution >= 0.6 is 11.6 Å². The largest absolute Gasteiger partial charge is 0.340 e. The topological polar surface area (TPSA) is 64.0 Å². The lowest BCUT2D eigenvalue weighted by atomic mass is 10.2. The second-order valence-corrected chi connectivity index (χ2v) is 4.55. The van der Waals surface area contributed by atoms with Crippen molar-refractivity contribution >= 4 is 17.5 Å². The molecule has 1 heterocycles. The molecule has 1 N–H and O–H groups in total. The number of aromatic nitrogens is 2. The van der Waals surface area contributed by atoms with Crippen molar-refractivity contribution in [1.29, 1.82) is 0 Å². The Kier molecular flexibility index (Phi) is 4.75. The molecule has 0 saturated heterocycles. The van der Waals surface area contributed by atoms with Gasteiger partial charge in [0, 0.05) is 18.7 Å². The highest BCUT2D eigenvalue weighted by molar-refractivity contribution is 6.31. The first-order valence-corrected chi connectivity index (χ1v) is 6.51. The molecular weight excluding hydrogens is 290 g/mol. The van der Waals surface area contributed by atoms with Crippen LogP contribution in [0.25, 0.3) is 0 Å². The average Bonchev–Trinajstić information content (AvgIpc) is 2.48. The molecule has 2 aromatic rings. The number of amides is 1. The van der Waals surface area contributed by atoms with E-state index in [2.05, 4.69) is 22.3 Å². The number of halogens is 1. The van der Waals surface area contributed by atoms with Crippen LogP contribution in [0.3, 0.4) is 0 Å². The minimum Gasteiger partial charge on any atom is -0.340 e. The molecule has 0 radical (unpaired) electrons. The van der Waals surface area contributed by atoms with Crippen molar-refractivity contribution in [3.8, 4) is 11.8 Å².